The van der Waals surface area contributed by atoms with E-state index in [4.69, 9.17) is 5.11 Å². The topological polar surface area (TPSA) is 49.3 Å². The van der Waals surface area contributed by atoms with Crippen LogP contribution < -0.4 is 5.32 Å². The van der Waals surface area contributed by atoms with Crippen molar-refractivity contribution in [2.75, 3.05) is 6.61 Å². The van der Waals surface area contributed by atoms with Gasteiger partial charge in [0.15, 0.2) is 0 Å². The van der Waals surface area contributed by atoms with Gasteiger partial charge in [-0.1, -0.05) is 11.8 Å². The summed E-state index contributed by atoms with van der Waals surface area (Å²) in [6.07, 6.45) is -5.65. The average molecular weight is 291 g/mol. The molecule has 3 nitrogen and oxygen atoms in total. The van der Waals surface area contributed by atoms with E-state index in [9.17, 15) is 18.0 Å². The third kappa shape index (κ3) is 6.27. The van der Waals surface area contributed by atoms with E-state index in [-0.39, 0.29) is 13.2 Å². The van der Waals surface area contributed by atoms with Gasteiger partial charge in [-0.2, -0.15) is 13.2 Å². The lowest BCUT2D eigenvalue weighted by molar-refractivity contribution is -0.153. The first kappa shape index (κ1) is 15.5. The molecule has 2 N–H and O–H groups in total. The van der Waals surface area contributed by atoms with Crippen molar-refractivity contribution in [2.45, 2.75) is 25.6 Å². The van der Waals surface area contributed by atoms with Gasteiger partial charge in [0, 0.05) is 16.9 Å². The van der Waals surface area contributed by atoms with Gasteiger partial charge in [0.1, 0.15) is 6.42 Å². The minimum Gasteiger partial charge on any atom is -0.395 e. The molecule has 1 aromatic rings. The molecule has 1 heterocycles. The molecule has 0 saturated carbocycles. The zero-order chi connectivity index (χ0) is 14.3. The van der Waals surface area contributed by atoms with Crippen LogP contribution in [0.4, 0.5) is 13.2 Å². The summed E-state index contributed by atoms with van der Waals surface area (Å²) in [5.74, 6) is 4.45. The highest BCUT2D eigenvalue weighted by atomic mass is 32.1. The lowest BCUT2D eigenvalue weighted by atomic mass is 10.2. The highest BCUT2D eigenvalue weighted by Gasteiger charge is 2.30. The van der Waals surface area contributed by atoms with Gasteiger partial charge in [-0.05, 0) is 11.4 Å². The molecule has 104 valence electrons. The van der Waals surface area contributed by atoms with Crippen LogP contribution in [0.25, 0.3) is 0 Å². The fourth-order valence-electron chi connectivity index (χ4n) is 1.23. The van der Waals surface area contributed by atoms with E-state index in [1.807, 2.05) is 0 Å². The Morgan fingerprint density at radius 1 is 1.47 bits per heavy atom. The summed E-state index contributed by atoms with van der Waals surface area (Å²) in [5.41, 5.74) is 0.658. The van der Waals surface area contributed by atoms with Crippen molar-refractivity contribution in [1.82, 2.24) is 5.32 Å². The first-order chi connectivity index (χ1) is 8.92. The van der Waals surface area contributed by atoms with E-state index < -0.39 is 18.5 Å². The number of thiophene rings is 1. The Morgan fingerprint density at radius 3 is 2.84 bits per heavy atom. The van der Waals surface area contributed by atoms with E-state index in [0.29, 0.717) is 16.9 Å². The second-order valence-electron chi connectivity index (χ2n) is 3.60. The third-order valence-corrected chi connectivity index (χ3v) is 2.93. The van der Waals surface area contributed by atoms with Gasteiger partial charge in [0.25, 0.3) is 0 Å². The molecule has 0 bridgehead atoms. The van der Waals surface area contributed by atoms with Crippen LogP contribution in [-0.2, 0) is 11.3 Å². The second kappa shape index (κ2) is 7.16. The molecule has 0 aromatic carbocycles. The molecular weight excluding hydrogens is 279 g/mol. The van der Waals surface area contributed by atoms with E-state index in [1.165, 1.54) is 11.3 Å². The first-order valence-corrected chi connectivity index (χ1v) is 6.30. The number of amides is 1. The van der Waals surface area contributed by atoms with Gasteiger partial charge < -0.3 is 10.4 Å². The SMILES string of the molecule is O=C(CC(F)(F)F)NCc1sccc1C#CCCO. The Morgan fingerprint density at radius 2 is 2.21 bits per heavy atom. The quantitative estimate of drug-likeness (QED) is 0.834. The third-order valence-electron chi connectivity index (χ3n) is 2.01. The van der Waals surface area contributed by atoms with Crippen molar-refractivity contribution >= 4 is 17.2 Å². The molecule has 0 aliphatic heterocycles. The van der Waals surface area contributed by atoms with Crippen molar-refractivity contribution in [1.29, 1.82) is 0 Å². The maximum Gasteiger partial charge on any atom is 0.397 e. The Hall–Kier alpha value is -1.52. The fourth-order valence-corrected chi connectivity index (χ4v) is 2.00. The van der Waals surface area contributed by atoms with E-state index in [1.54, 1.807) is 11.4 Å². The fraction of sp³-hybridized carbons (Fsp3) is 0.417. The summed E-state index contributed by atoms with van der Waals surface area (Å²) in [6.45, 7) is -0.0233. The summed E-state index contributed by atoms with van der Waals surface area (Å²) in [6, 6.07) is 1.72. The molecule has 0 spiro atoms. The summed E-state index contributed by atoms with van der Waals surface area (Å²) < 4.78 is 35.9. The zero-order valence-corrected chi connectivity index (χ0v) is 10.7. The second-order valence-corrected chi connectivity index (χ2v) is 4.60. The number of hydrogen-bond acceptors (Lipinski definition) is 3. The molecule has 19 heavy (non-hydrogen) atoms. The van der Waals surface area contributed by atoms with Crippen LogP contribution in [0.3, 0.4) is 0 Å². The van der Waals surface area contributed by atoms with E-state index in [2.05, 4.69) is 17.2 Å². The van der Waals surface area contributed by atoms with Crippen molar-refractivity contribution in [3.8, 4) is 11.8 Å². The number of halogens is 3. The van der Waals surface area contributed by atoms with Crippen LogP contribution in [0.15, 0.2) is 11.4 Å². The molecule has 0 unspecified atom stereocenters. The molecule has 1 aromatic heterocycles. The van der Waals surface area contributed by atoms with Crippen molar-refractivity contribution in [2.24, 2.45) is 0 Å². The Labute approximate surface area is 112 Å². The maximum absolute atomic E-state index is 12.0. The van der Waals surface area contributed by atoms with Crippen LogP contribution in [0.5, 0.6) is 0 Å². The molecule has 1 amide bonds. The van der Waals surface area contributed by atoms with Crippen molar-refractivity contribution < 1.29 is 23.1 Å². The summed E-state index contributed by atoms with van der Waals surface area (Å²) >= 11 is 1.31. The molecule has 0 fully saturated rings. The number of aliphatic hydroxyl groups excluding tert-OH is 1. The Kier molecular flexibility index (Phi) is 5.86. The molecule has 0 aliphatic rings. The molecule has 0 saturated heterocycles. The van der Waals surface area contributed by atoms with Crippen LogP contribution in [0.2, 0.25) is 0 Å². The predicted octanol–water partition coefficient (Wildman–Crippen LogP) is 2.05. The molecule has 0 aliphatic carbocycles. The van der Waals surface area contributed by atoms with Crippen LogP contribution in [0.1, 0.15) is 23.3 Å². The molecular formula is C12H12F3NO2S. The lowest BCUT2D eigenvalue weighted by Gasteiger charge is -2.07. The average Bonchev–Trinajstić information content (AvgIpc) is 2.72. The predicted molar refractivity (Wildman–Crippen MR) is 65.4 cm³/mol. The van der Waals surface area contributed by atoms with Gasteiger partial charge in [0.2, 0.25) is 5.91 Å². The van der Waals surface area contributed by atoms with Gasteiger partial charge in [0.05, 0.1) is 13.2 Å². The number of carbonyl (C=O) groups excluding carboxylic acids is 1. The monoisotopic (exact) mass is 291 g/mol. The van der Waals surface area contributed by atoms with Crippen LogP contribution >= 0.6 is 11.3 Å². The number of alkyl halides is 3. The molecule has 0 radical (unpaired) electrons. The highest BCUT2D eigenvalue weighted by Crippen LogP contribution is 2.20. The minimum atomic E-state index is -4.50. The Balaban J connectivity index is 2.53. The maximum atomic E-state index is 12.0. The number of aliphatic hydroxyl groups is 1. The highest BCUT2D eigenvalue weighted by molar-refractivity contribution is 7.10. The molecule has 1 rings (SSSR count). The zero-order valence-electron chi connectivity index (χ0n) is 9.88. The van der Waals surface area contributed by atoms with Gasteiger partial charge in [-0.15, -0.1) is 11.3 Å². The van der Waals surface area contributed by atoms with Crippen molar-refractivity contribution in [3.63, 3.8) is 0 Å². The minimum absolute atomic E-state index is 0.0235. The smallest absolute Gasteiger partial charge is 0.395 e. The van der Waals surface area contributed by atoms with E-state index >= 15 is 0 Å². The van der Waals surface area contributed by atoms with Gasteiger partial charge in [-0.25, -0.2) is 0 Å². The van der Waals surface area contributed by atoms with Gasteiger partial charge >= 0.3 is 6.18 Å². The van der Waals surface area contributed by atoms with E-state index in [0.717, 1.165) is 0 Å². The number of rotatable bonds is 4. The lowest BCUT2D eigenvalue weighted by Crippen LogP contribution is -2.28. The number of hydrogen-bond donors (Lipinski definition) is 2. The van der Waals surface area contributed by atoms with Crippen molar-refractivity contribution in [3.05, 3.63) is 21.9 Å². The summed E-state index contributed by atoms with van der Waals surface area (Å²) in [5, 5.41) is 12.5. The summed E-state index contributed by atoms with van der Waals surface area (Å²) in [7, 11) is 0. The largest absolute Gasteiger partial charge is 0.397 e. The number of nitrogens with one attached hydrogen (secondary N) is 1. The number of carbonyl (C=O) groups is 1. The van der Waals surface area contributed by atoms with Crippen LogP contribution in [-0.4, -0.2) is 23.8 Å². The molecule has 0 atom stereocenters. The van der Waals surface area contributed by atoms with Gasteiger partial charge in [-0.3, -0.25) is 4.79 Å². The normalized spacial score (nSPS) is 10.7. The summed E-state index contributed by atoms with van der Waals surface area (Å²) in [4.78, 5) is 11.7. The molecule has 7 heteroatoms. The Bertz CT molecular complexity index is 485. The standard InChI is InChI=1S/C12H12F3NO2S/c13-12(14,15)7-11(18)16-8-10-9(4-6-19-10)3-1-2-5-17/h4,6,17H,2,5,7-8H2,(H,16,18). The van der Waals surface area contributed by atoms with Crippen LogP contribution in [0, 0.1) is 11.8 Å². The first-order valence-electron chi connectivity index (χ1n) is 5.42.